The summed E-state index contributed by atoms with van der Waals surface area (Å²) in [5.41, 5.74) is 5.39. The Kier molecular flexibility index (Phi) is 5.90. The highest BCUT2D eigenvalue weighted by molar-refractivity contribution is 5.87. The summed E-state index contributed by atoms with van der Waals surface area (Å²) in [6.45, 7) is 7.88. The quantitative estimate of drug-likeness (QED) is 0.402. The molecule has 194 valence electrons. The Labute approximate surface area is 222 Å². The molecule has 9 heteroatoms. The Balaban J connectivity index is 1.20. The molecule has 38 heavy (non-hydrogen) atoms. The molecule has 6 heterocycles. The van der Waals surface area contributed by atoms with Gasteiger partial charge in [-0.1, -0.05) is 13.8 Å². The third kappa shape index (κ3) is 4.30. The van der Waals surface area contributed by atoms with Gasteiger partial charge in [0.2, 0.25) is 5.91 Å². The average Bonchev–Trinajstić information content (AvgIpc) is 3.52. The number of rotatable bonds is 5. The van der Waals surface area contributed by atoms with Gasteiger partial charge in [-0.15, -0.1) is 0 Å². The summed E-state index contributed by atoms with van der Waals surface area (Å²) in [5.74, 6) is 1.66. The molecule has 4 aromatic rings. The van der Waals surface area contributed by atoms with E-state index in [2.05, 4.69) is 53.2 Å². The third-order valence-corrected chi connectivity index (χ3v) is 7.97. The predicted molar refractivity (Wildman–Crippen MR) is 145 cm³/mol. The van der Waals surface area contributed by atoms with E-state index in [-0.39, 0.29) is 5.41 Å². The zero-order valence-corrected chi connectivity index (χ0v) is 22.1. The maximum Gasteiger partial charge on any atom is 0.222 e. The van der Waals surface area contributed by atoms with Crippen LogP contribution in [0.3, 0.4) is 0 Å². The lowest BCUT2D eigenvalue weighted by molar-refractivity contribution is -0.145. The van der Waals surface area contributed by atoms with Crippen LogP contribution >= 0.6 is 0 Å². The number of aromatic nitrogens is 5. The minimum absolute atomic E-state index is 0.275. The highest BCUT2D eigenvalue weighted by Crippen LogP contribution is 2.42. The molecule has 4 aromatic heterocycles. The van der Waals surface area contributed by atoms with Crippen molar-refractivity contribution in [2.75, 3.05) is 31.1 Å². The smallest absolute Gasteiger partial charge is 0.222 e. The van der Waals surface area contributed by atoms with Gasteiger partial charge in [-0.3, -0.25) is 9.48 Å². The second kappa shape index (κ2) is 9.28. The number of pyridine rings is 2. The van der Waals surface area contributed by atoms with Crippen LogP contribution in [0.4, 0.5) is 5.82 Å². The number of likely N-dealkylation sites (tertiary alicyclic amines) is 1. The lowest BCUT2D eigenvalue weighted by Crippen LogP contribution is -2.62. The van der Waals surface area contributed by atoms with Crippen LogP contribution in [0.25, 0.3) is 27.8 Å². The summed E-state index contributed by atoms with van der Waals surface area (Å²) < 4.78 is 3.54. The Hall–Kier alpha value is -4.19. The Bertz CT molecular complexity index is 1530. The number of hydrogen-bond donors (Lipinski definition) is 0. The van der Waals surface area contributed by atoms with E-state index in [1.165, 1.54) is 0 Å². The molecular formula is C29H32N8O. The maximum absolute atomic E-state index is 12.4. The summed E-state index contributed by atoms with van der Waals surface area (Å²) in [4.78, 5) is 21.6. The van der Waals surface area contributed by atoms with Crippen LogP contribution in [0.5, 0.6) is 0 Å². The van der Waals surface area contributed by atoms with Gasteiger partial charge in [0.25, 0.3) is 0 Å². The van der Waals surface area contributed by atoms with Gasteiger partial charge in [0, 0.05) is 85.9 Å². The second-order valence-electron chi connectivity index (χ2n) is 11.2. The minimum atomic E-state index is 0.275. The van der Waals surface area contributed by atoms with Gasteiger partial charge in [-0.2, -0.15) is 15.5 Å². The molecule has 0 aromatic carbocycles. The topological polar surface area (TPSA) is 95.4 Å². The SMILES string of the molecule is CC(C)CC(=O)N1CC2(CCN(c3ccc(-c4cc(-c5cnn(C)c5)cn5ncc(C#N)c45)cn3)CC2)C1. The molecule has 2 aliphatic heterocycles. The van der Waals surface area contributed by atoms with E-state index in [1.807, 2.05) is 36.7 Å². The first-order valence-corrected chi connectivity index (χ1v) is 13.2. The molecule has 0 radical (unpaired) electrons. The van der Waals surface area contributed by atoms with Crippen LogP contribution in [0.1, 0.15) is 38.7 Å². The molecule has 0 bridgehead atoms. The number of piperidine rings is 1. The highest BCUT2D eigenvalue weighted by Gasteiger charge is 2.46. The minimum Gasteiger partial charge on any atom is -0.357 e. The lowest BCUT2D eigenvalue weighted by Gasteiger charge is -2.54. The molecule has 0 unspecified atom stereocenters. The fourth-order valence-electron chi connectivity index (χ4n) is 5.83. The van der Waals surface area contributed by atoms with Crippen molar-refractivity contribution in [3.63, 3.8) is 0 Å². The average molecular weight is 509 g/mol. The molecule has 0 atom stereocenters. The highest BCUT2D eigenvalue weighted by atomic mass is 16.2. The van der Waals surface area contributed by atoms with Gasteiger partial charge in [-0.25, -0.2) is 9.50 Å². The Morgan fingerprint density at radius 2 is 1.84 bits per heavy atom. The number of amides is 1. The zero-order chi connectivity index (χ0) is 26.4. The summed E-state index contributed by atoms with van der Waals surface area (Å²) in [7, 11) is 1.89. The summed E-state index contributed by atoms with van der Waals surface area (Å²) in [6, 6.07) is 8.51. The van der Waals surface area contributed by atoms with E-state index in [1.54, 1.807) is 15.4 Å². The Morgan fingerprint density at radius 1 is 1.05 bits per heavy atom. The molecular weight excluding hydrogens is 476 g/mol. The molecule has 0 N–H and O–H groups in total. The predicted octanol–water partition coefficient (Wildman–Crippen LogP) is 4.14. The van der Waals surface area contributed by atoms with Crippen molar-refractivity contribution < 1.29 is 4.79 Å². The first-order valence-electron chi connectivity index (χ1n) is 13.2. The number of aryl methyl sites for hydroxylation is 1. The number of nitrogens with zero attached hydrogens (tertiary/aromatic N) is 8. The van der Waals surface area contributed by atoms with Gasteiger partial charge in [-0.05, 0) is 37.0 Å². The number of anilines is 1. The summed E-state index contributed by atoms with van der Waals surface area (Å²) in [6.07, 6.45) is 12.0. The van der Waals surface area contributed by atoms with Gasteiger partial charge >= 0.3 is 0 Å². The molecule has 1 spiro atoms. The molecule has 2 aliphatic rings. The van der Waals surface area contributed by atoms with E-state index in [4.69, 9.17) is 4.98 Å². The van der Waals surface area contributed by atoms with Crippen LogP contribution in [0.2, 0.25) is 0 Å². The van der Waals surface area contributed by atoms with Gasteiger partial charge < -0.3 is 9.80 Å². The van der Waals surface area contributed by atoms with Crippen molar-refractivity contribution in [2.24, 2.45) is 18.4 Å². The van der Waals surface area contributed by atoms with Crippen molar-refractivity contribution in [1.82, 2.24) is 29.3 Å². The van der Waals surface area contributed by atoms with Crippen LogP contribution in [0, 0.1) is 22.7 Å². The molecule has 9 nitrogen and oxygen atoms in total. The zero-order valence-electron chi connectivity index (χ0n) is 22.1. The normalized spacial score (nSPS) is 16.7. The van der Waals surface area contributed by atoms with E-state index in [0.717, 1.165) is 72.6 Å². The number of nitriles is 1. The largest absolute Gasteiger partial charge is 0.357 e. The van der Waals surface area contributed by atoms with Gasteiger partial charge in [0.05, 0.1) is 23.5 Å². The van der Waals surface area contributed by atoms with E-state index in [0.29, 0.717) is 23.8 Å². The molecule has 6 rings (SSSR count). The summed E-state index contributed by atoms with van der Waals surface area (Å²) >= 11 is 0. The molecule has 0 saturated carbocycles. The number of carbonyl (C=O) groups excluding carboxylic acids is 1. The van der Waals surface area contributed by atoms with Crippen LogP contribution in [-0.4, -0.2) is 61.4 Å². The van der Waals surface area contributed by atoms with E-state index in [9.17, 15) is 10.1 Å². The van der Waals surface area contributed by atoms with Crippen LogP contribution < -0.4 is 4.90 Å². The third-order valence-electron chi connectivity index (χ3n) is 7.97. The fourth-order valence-corrected chi connectivity index (χ4v) is 5.83. The monoisotopic (exact) mass is 508 g/mol. The fraction of sp³-hybridized carbons (Fsp3) is 0.414. The first kappa shape index (κ1) is 24.2. The van der Waals surface area contributed by atoms with Crippen molar-refractivity contribution in [3.8, 4) is 28.3 Å². The second-order valence-corrected chi connectivity index (χ2v) is 11.2. The first-order chi connectivity index (χ1) is 18.3. The molecule has 2 fully saturated rings. The van der Waals surface area contributed by atoms with Crippen LogP contribution in [-0.2, 0) is 11.8 Å². The molecule has 1 amide bonds. The van der Waals surface area contributed by atoms with Gasteiger partial charge in [0.1, 0.15) is 11.9 Å². The summed E-state index contributed by atoms with van der Waals surface area (Å²) in [5, 5.41) is 18.4. The maximum atomic E-state index is 12.4. The Morgan fingerprint density at radius 3 is 2.47 bits per heavy atom. The van der Waals surface area contributed by atoms with Gasteiger partial charge in [0.15, 0.2) is 0 Å². The number of hydrogen-bond acceptors (Lipinski definition) is 6. The lowest BCUT2D eigenvalue weighted by atomic mass is 9.71. The molecule has 2 saturated heterocycles. The number of fused-ring (bicyclic) bond motifs is 1. The van der Waals surface area contributed by atoms with Crippen molar-refractivity contribution in [1.29, 1.82) is 5.26 Å². The van der Waals surface area contributed by atoms with Crippen LogP contribution in [0.15, 0.2) is 49.2 Å². The van der Waals surface area contributed by atoms with E-state index < -0.39 is 0 Å². The molecule has 0 aliphatic carbocycles. The van der Waals surface area contributed by atoms with Crippen molar-refractivity contribution >= 4 is 17.2 Å². The van der Waals surface area contributed by atoms with Crippen molar-refractivity contribution in [3.05, 3.63) is 54.7 Å². The number of carbonyl (C=O) groups is 1. The van der Waals surface area contributed by atoms with E-state index >= 15 is 0 Å². The van der Waals surface area contributed by atoms with Crippen molar-refractivity contribution in [2.45, 2.75) is 33.1 Å². The standard InChI is InChI=1S/C29H32N8O/c1-20(2)10-27(38)36-18-29(19-36)6-8-35(9-7-29)26-5-4-21(13-31-26)25-11-22(24-15-32-34(3)16-24)17-37-28(25)23(12-30)14-33-37/h4-5,11,13-17,20H,6-10,18-19H2,1-3H3.